The number of rotatable bonds is 2. The zero-order chi connectivity index (χ0) is 11.2. The van der Waals surface area contributed by atoms with E-state index in [0.29, 0.717) is 5.88 Å². The van der Waals surface area contributed by atoms with Gasteiger partial charge in [0.2, 0.25) is 5.88 Å². The van der Waals surface area contributed by atoms with Gasteiger partial charge in [-0.05, 0) is 25.0 Å². The Hall–Kier alpha value is -1.61. The number of methoxy groups -OCH3 is 1. The summed E-state index contributed by atoms with van der Waals surface area (Å²) in [5, 5.41) is 11.2. The Balaban J connectivity index is 2.26. The van der Waals surface area contributed by atoms with Gasteiger partial charge in [0.05, 0.1) is 18.2 Å². The third kappa shape index (κ3) is 1.36. The zero-order valence-corrected chi connectivity index (χ0v) is 9.10. The van der Waals surface area contributed by atoms with Gasteiger partial charge in [-0.25, -0.2) is 4.98 Å². The first-order valence-electron chi connectivity index (χ1n) is 5.40. The minimum atomic E-state index is -0.706. The van der Waals surface area contributed by atoms with E-state index in [4.69, 9.17) is 4.74 Å². The van der Waals surface area contributed by atoms with Gasteiger partial charge in [-0.15, -0.1) is 0 Å². The van der Waals surface area contributed by atoms with Crippen LogP contribution >= 0.6 is 0 Å². The summed E-state index contributed by atoms with van der Waals surface area (Å²) in [5.41, 5.74) is 1.00. The number of aromatic nitrogens is 1. The van der Waals surface area contributed by atoms with Gasteiger partial charge in [0, 0.05) is 10.9 Å². The molecule has 82 valence electrons. The van der Waals surface area contributed by atoms with Crippen LogP contribution in [0.5, 0.6) is 5.88 Å². The molecule has 0 unspecified atom stereocenters. The highest BCUT2D eigenvalue weighted by Crippen LogP contribution is 2.48. The molecule has 1 saturated carbocycles. The number of nitrogens with zero attached hydrogens (tertiary/aromatic N) is 1. The molecule has 0 saturated heterocycles. The molecule has 0 atom stereocenters. The number of hydrogen-bond donors (Lipinski definition) is 1. The Morgan fingerprint density at radius 2 is 2.06 bits per heavy atom. The molecule has 0 spiro atoms. The highest BCUT2D eigenvalue weighted by Gasteiger charge is 2.44. The van der Waals surface area contributed by atoms with Crippen molar-refractivity contribution in [3.05, 3.63) is 35.9 Å². The second kappa shape index (κ2) is 3.19. The predicted molar refractivity (Wildman–Crippen MR) is 61.4 cm³/mol. The maximum Gasteiger partial charge on any atom is 0.219 e. The molecule has 2 aromatic rings. The molecule has 1 aliphatic carbocycles. The molecular weight excluding hydrogens is 202 g/mol. The Morgan fingerprint density at radius 3 is 2.75 bits per heavy atom. The van der Waals surface area contributed by atoms with Gasteiger partial charge in [0.25, 0.3) is 0 Å². The van der Waals surface area contributed by atoms with Crippen molar-refractivity contribution in [2.45, 2.75) is 18.4 Å². The van der Waals surface area contributed by atoms with E-state index >= 15 is 0 Å². The van der Waals surface area contributed by atoms with E-state index in [2.05, 4.69) is 4.98 Å². The van der Waals surface area contributed by atoms with Crippen molar-refractivity contribution in [2.24, 2.45) is 0 Å². The van der Waals surface area contributed by atoms with Crippen molar-refractivity contribution in [1.82, 2.24) is 4.98 Å². The van der Waals surface area contributed by atoms with E-state index in [1.807, 2.05) is 30.3 Å². The van der Waals surface area contributed by atoms with Gasteiger partial charge < -0.3 is 9.84 Å². The van der Waals surface area contributed by atoms with Gasteiger partial charge >= 0.3 is 0 Å². The maximum absolute atomic E-state index is 10.2. The number of pyridine rings is 1. The van der Waals surface area contributed by atoms with E-state index in [9.17, 15) is 5.11 Å². The monoisotopic (exact) mass is 215 g/mol. The average Bonchev–Trinajstić information content (AvgIpc) is 3.07. The number of aliphatic hydroxyl groups is 1. The molecule has 0 bridgehead atoms. The molecule has 3 rings (SSSR count). The summed E-state index contributed by atoms with van der Waals surface area (Å²) in [7, 11) is 1.59. The summed E-state index contributed by atoms with van der Waals surface area (Å²) in [6.07, 6.45) is 1.59. The van der Waals surface area contributed by atoms with Crippen LogP contribution in [-0.2, 0) is 5.60 Å². The molecule has 1 aromatic carbocycles. The Morgan fingerprint density at radius 1 is 1.31 bits per heavy atom. The lowest BCUT2D eigenvalue weighted by molar-refractivity contribution is 0.146. The lowest BCUT2D eigenvalue weighted by Gasteiger charge is -2.13. The smallest absolute Gasteiger partial charge is 0.219 e. The molecular formula is C13H13NO2. The summed E-state index contributed by atoms with van der Waals surface area (Å²) >= 11 is 0. The van der Waals surface area contributed by atoms with E-state index in [1.165, 1.54) is 0 Å². The van der Waals surface area contributed by atoms with Crippen LogP contribution in [0.2, 0.25) is 0 Å². The molecule has 1 N–H and O–H groups in total. The molecule has 1 heterocycles. The predicted octanol–water partition coefficient (Wildman–Crippen LogP) is 2.22. The molecule has 3 heteroatoms. The summed E-state index contributed by atoms with van der Waals surface area (Å²) in [6, 6.07) is 9.83. The molecule has 0 radical (unpaired) electrons. The van der Waals surface area contributed by atoms with Crippen LogP contribution in [0.15, 0.2) is 30.3 Å². The minimum absolute atomic E-state index is 0.540. The van der Waals surface area contributed by atoms with Gasteiger partial charge in [0.15, 0.2) is 0 Å². The van der Waals surface area contributed by atoms with Gasteiger partial charge in [-0.1, -0.05) is 18.2 Å². The van der Waals surface area contributed by atoms with Crippen LogP contribution in [-0.4, -0.2) is 17.2 Å². The van der Waals surface area contributed by atoms with Crippen LogP contribution in [0.25, 0.3) is 10.9 Å². The Kier molecular flexibility index (Phi) is 1.91. The van der Waals surface area contributed by atoms with Gasteiger partial charge in [-0.3, -0.25) is 0 Å². The second-order valence-electron chi connectivity index (χ2n) is 4.27. The highest BCUT2D eigenvalue weighted by atomic mass is 16.5. The molecule has 1 aliphatic rings. The van der Waals surface area contributed by atoms with E-state index in [1.54, 1.807) is 7.11 Å². The third-order valence-corrected chi connectivity index (χ3v) is 3.11. The first-order chi connectivity index (χ1) is 7.73. The van der Waals surface area contributed by atoms with Crippen LogP contribution in [0.4, 0.5) is 0 Å². The molecule has 1 fully saturated rings. The van der Waals surface area contributed by atoms with Crippen molar-refractivity contribution in [3.8, 4) is 5.88 Å². The largest absolute Gasteiger partial charge is 0.481 e. The average molecular weight is 215 g/mol. The number of para-hydroxylation sites is 1. The first kappa shape index (κ1) is 9.60. The highest BCUT2D eigenvalue weighted by molar-refractivity contribution is 5.80. The van der Waals surface area contributed by atoms with Crippen LogP contribution in [0.3, 0.4) is 0 Å². The zero-order valence-electron chi connectivity index (χ0n) is 9.10. The molecule has 0 aliphatic heterocycles. The lowest BCUT2D eigenvalue weighted by atomic mass is 10.1. The van der Waals surface area contributed by atoms with Crippen LogP contribution in [0.1, 0.15) is 18.4 Å². The summed E-state index contributed by atoms with van der Waals surface area (Å²) in [6.45, 7) is 0. The third-order valence-electron chi connectivity index (χ3n) is 3.11. The lowest BCUT2D eigenvalue weighted by Crippen LogP contribution is -2.08. The van der Waals surface area contributed by atoms with E-state index in [0.717, 1.165) is 29.3 Å². The summed E-state index contributed by atoms with van der Waals surface area (Å²) < 4.78 is 5.25. The van der Waals surface area contributed by atoms with Crippen molar-refractivity contribution in [2.75, 3.05) is 7.11 Å². The van der Waals surface area contributed by atoms with E-state index < -0.39 is 5.60 Å². The number of benzene rings is 1. The van der Waals surface area contributed by atoms with Crippen molar-refractivity contribution < 1.29 is 9.84 Å². The molecule has 16 heavy (non-hydrogen) atoms. The standard InChI is InChI=1S/C13H13NO2/c1-16-12-10(13(15)6-7-13)8-9-4-2-3-5-11(9)14-12/h2-5,8,15H,6-7H2,1H3. The first-order valence-corrected chi connectivity index (χ1v) is 5.40. The molecule has 3 nitrogen and oxygen atoms in total. The van der Waals surface area contributed by atoms with Gasteiger partial charge in [-0.2, -0.15) is 0 Å². The van der Waals surface area contributed by atoms with Crippen LogP contribution < -0.4 is 4.74 Å². The Labute approximate surface area is 93.7 Å². The SMILES string of the molecule is COc1nc2ccccc2cc1C1(O)CC1. The Bertz CT molecular complexity index is 547. The number of ether oxygens (including phenoxy) is 1. The normalized spacial score (nSPS) is 17.4. The summed E-state index contributed by atoms with van der Waals surface area (Å²) in [4.78, 5) is 4.42. The van der Waals surface area contributed by atoms with Crippen molar-refractivity contribution in [1.29, 1.82) is 0 Å². The number of hydrogen-bond acceptors (Lipinski definition) is 3. The fraction of sp³-hybridized carbons (Fsp3) is 0.308. The van der Waals surface area contributed by atoms with E-state index in [-0.39, 0.29) is 0 Å². The number of fused-ring (bicyclic) bond motifs is 1. The van der Waals surface area contributed by atoms with Crippen molar-refractivity contribution >= 4 is 10.9 Å². The minimum Gasteiger partial charge on any atom is -0.481 e. The second-order valence-corrected chi connectivity index (χ2v) is 4.27. The fourth-order valence-electron chi connectivity index (χ4n) is 1.97. The fourth-order valence-corrected chi connectivity index (χ4v) is 1.97. The topological polar surface area (TPSA) is 42.4 Å². The van der Waals surface area contributed by atoms with Crippen LogP contribution in [0, 0.1) is 0 Å². The van der Waals surface area contributed by atoms with Gasteiger partial charge in [0.1, 0.15) is 0 Å². The maximum atomic E-state index is 10.2. The quantitative estimate of drug-likeness (QED) is 0.835. The molecule has 1 aromatic heterocycles. The van der Waals surface area contributed by atoms with Crippen molar-refractivity contribution in [3.63, 3.8) is 0 Å². The summed E-state index contributed by atoms with van der Waals surface area (Å²) in [5.74, 6) is 0.540. The molecule has 0 amide bonds.